The molecule has 0 spiro atoms. The number of hydrogen-bond donors (Lipinski definition) is 0. The van der Waals surface area contributed by atoms with Gasteiger partial charge in [-0.3, -0.25) is 9.13 Å². The van der Waals surface area contributed by atoms with Crippen molar-refractivity contribution in [3.05, 3.63) is 132 Å². The molecule has 0 amide bonds. The normalized spacial score (nSPS) is 11.6. The van der Waals surface area contributed by atoms with Gasteiger partial charge in [0, 0.05) is 51.0 Å². The van der Waals surface area contributed by atoms with E-state index >= 15 is 0 Å². The molecule has 0 saturated carbocycles. The van der Waals surface area contributed by atoms with Gasteiger partial charge >= 0.3 is 5.69 Å². The van der Waals surface area contributed by atoms with Gasteiger partial charge in [0.1, 0.15) is 0 Å². The third-order valence-corrected chi connectivity index (χ3v) is 9.35. The van der Waals surface area contributed by atoms with Crippen LogP contribution in [0.3, 0.4) is 0 Å². The second kappa shape index (κ2) is 9.89. The SMILES string of the molecule is Cn1c(=O)n(C)c2cc(-c3cccc(-c4cc(-c5ccc6sc7ccccc7c6c5)nc(-c5ccccc5)n4)c3)ccc21. The molecule has 5 nitrogen and oxygen atoms in total. The molecule has 0 aliphatic rings. The number of fused-ring (bicyclic) bond motifs is 4. The van der Waals surface area contributed by atoms with Crippen molar-refractivity contribution in [2.45, 2.75) is 0 Å². The van der Waals surface area contributed by atoms with Gasteiger partial charge in [0.25, 0.3) is 0 Å². The first kappa shape index (κ1) is 25.4. The molecule has 0 fully saturated rings. The highest BCUT2D eigenvalue weighted by Crippen LogP contribution is 2.37. The summed E-state index contributed by atoms with van der Waals surface area (Å²) in [7, 11) is 3.62. The lowest BCUT2D eigenvalue weighted by atomic mass is 10.00. The molecule has 0 radical (unpaired) electrons. The van der Waals surface area contributed by atoms with E-state index in [9.17, 15) is 4.79 Å². The molecule has 5 aromatic carbocycles. The van der Waals surface area contributed by atoms with Crippen molar-refractivity contribution in [3.8, 4) is 45.0 Å². The predicted octanol–water partition coefficient (Wildman–Crippen LogP) is 8.70. The van der Waals surface area contributed by atoms with Crippen LogP contribution in [0.4, 0.5) is 0 Å². The van der Waals surface area contributed by atoms with Gasteiger partial charge < -0.3 is 0 Å². The average Bonchev–Trinajstić information content (AvgIpc) is 3.54. The summed E-state index contributed by atoms with van der Waals surface area (Å²) in [4.78, 5) is 22.6. The molecule has 206 valence electrons. The maximum atomic E-state index is 12.5. The summed E-state index contributed by atoms with van der Waals surface area (Å²) in [6, 6.07) is 42.0. The van der Waals surface area contributed by atoms with E-state index in [-0.39, 0.29) is 5.69 Å². The van der Waals surface area contributed by atoms with Crippen LogP contribution in [0.1, 0.15) is 0 Å². The van der Waals surface area contributed by atoms with Gasteiger partial charge in [0.05, 0.1) is 22.4 Å². The van der Waals surface area contributed by atoms with Gasteiger partial charge in [-0.1, -0.05) is 78.9 Å². The molecule has 0 aliphatic carbocycles. The van der Waals surface area contributed by atoms with Crippen LogP contribution in [0.15, 0.2) is 126 Å². The molecule has 0 unspecified atom stereocenters. The molecular weight excluding hydrogens is 549 g/mol. The largest absolute Gasteiger partial charge is 0.328 e. The standard InChI is InChI=1S/C37H26N4OS/c1-40-32-17-15-25(21-33(32)41(2)37(40)42)24-11-8-12-26(19-24)30-22-31(39-36(38-30)23-9-4-3-5-10-23)27-16-18-35-29(20-27)28-13-6-7-14-34(28)43-35/h3-22H,1-2H3. The summed E-state index contributed by atoms with van der Waals surface area (Å²) >= 11 is 1.82. The molecule has 6 heteroatoms. The Labute approximate surface area is 252 Å². The third kappa shape index (κ3) is 4.26. The van der Waals surface area contributed by atoms with Crippen LogP contribution in [0, 0.1) is 0 Å². The topological polar surface area (TPSA) is 52.7 Å². The van der Waals surface area contributed by atoms with Crippen LogP contribution in [0.2, 0.25) is 0 Å². The van der Waals surface area contributed by atoms with Crippen molar-refractivity contribution in [3.63, 3.8) is 0 Å². The Morgan fingerprint density at radius 3 is 1.98 bits per heavy atom. The lowest BCUT2D eigenvalue weighted by molar-refractivity contribution is 0.795. The Bertz CT molecular complexity index is 2400. The first-order chi connectivity index (χ1) is 21.0. The molecular formula is C37H26N4OS. The minimum Gasteiger partial charge on any atom is -0.295 e. The van der Waals surface area contributed by atoms with E-state index < -0.39 is 0 Å². The van der Waals surface area contributed by atoms with Crippen molar-refractivity contribution in [1.29, 1.82) is 0 Å². The van der Waals surface area contributed by atoms with Crippen LogP contribution in [-0.4, -0.2) is 19.1 Å². The highest BCUT2D eigenvalue weighted by atomic mass is 32.1. The second-order valence-corrected chi connectivity index (χ2v) is 11.9. The molecule has 0 aliphatic heterocycles. The monoisotopic (exact) mass is 574 g/mol. The van der Waals surface area contributed by atoms with E-state index in [0.717, 1.165) is 50.2 Å². The zero-order valence-corrected chi connectivity index (χ0v) is 24.5. The summed E-state index contributed by atoms with van der Waals surface area (Å²) in [5, 5.41) is 2.51. The molecule has 43 heavy (non-hydrogen) atoms. The maximum Gasteiger partial charge on any atom is 0.328 e. The maximum absolute atomic E-state index is 12.5. The van der Waals surface area contributed by atoms with E-state index in [0.29, 0.717) is 5.82 Å². The van der Waals surface area contributed by atoms with E-state index in [4.69, 9.17) is 9.97 Å². The molecule has 3 aromatic heterocycles. The van der Waals surface area contributed by atoms with E-state index in [1.54, 1.807) is 16.2 Å². The number of nitrogens with zero attached hydrogens (tertiary/aromatic N) is 4. The van der Waals surface area contributed by atoms with Gasteiger partial charge in [0.15, 0.2) is 5.82 Å². The highest BCUT2D eigenvalue weighted by molar-refractivity contribution is 7.25. The molecule has 0 atom stereocenters. The Morgan fingerprint density at radius 1 is 0.512 bits per heavy atom. The minimum atomic E-state index is -0.0310. The smallest absolute Gasteiger partial charge is 0.295 e. The van der Waals surface area contributed by atoms with E-state index in [1.165, 1.54) is 20.2 Å². The Morgan fingerprint density at radius 2 is 1.14 bits per heavy atom. The number of benzene rings is 5. The zero-order chi connectivity index (χ0) is 29.1. The average molecular weight is 575 g/mol. The molecule has 0 saturated heterocycles. The second-order valence-electron chi connectivity index (χ2n) is 10.8. The number of imidazole rings is 1. The Kier molecular flexibility index (Phi) is 5.84. The van der Waals surface area contributed by atoms with Gasteiger partial charge in [-0.25, -0.2) is 14.8 Å². The molecule has 3 heterocycles. The van der Waals surface area contributed by atoms with Crippen LogP contribution in [-0.2, 0) is 14.1 Å². The van der Waals surface area contributed by atoms with Gasteiger partial charge in [0.2, 0.25) is 0 Å². The van der Waals surface area contributed by atoms with Crippen LogP contribution >= 0.6 is 11.3 Å². The summed E-state index contributed by atoms with van der Waals surface area (Å²) < 4.78 is 5.93. The third-order valence-electron chi connectivity index (χ3n) is 8.19. The van der Waals surface area contributed by atoms with Crippen LogP contribution < -0.4 is 5.69 Å². The van der Waals surface area contributed by atoms with Crippen molar-refractivity contribution < 1.29 is 0 Å². The predicted molar refractivity (Wildman–Crippen MR) is 178 cm³/mol. The fraction of sp³-hybridized carbons (Fsp3) is 0.0541. The van der Waals surface area contributed by atoms with Crippen molar-refractivity contribution in [2.75, 3.05) is 0 Å². The first-order valence-electron chi connectivity index (χ1n) is 14.2. The highest BCUT2D eigenvalue weighted by Gasteiger charge is 2.14. The van der Waals surface area contributed by atoms with Gasteiger partial charge in [-0.2, -0.15) is 0 Å². The first-order valence-corrected chi connectivity index (χ1v) is 15.0. The number of aromatic nitrogens is 4. The van der Waals surface area contributed by atoms with Crippen LogP contribution in [0.25, 0.3) is 76.2 Å². The number of hydrogen-bond acceptors (Lipinski definition) is 4. The Hall–Kier alpha value is -5.33. The number of aryl methyl sites for hydroxylation is 2. The lowest BCUT2D eigenvalue weighted by Crippen LogP contribution is -2.19. The lowest BCUT2D eigenvalue weighted by Gasteiger charge is -2.11. The quantitative estimate of drug-likeness (QED) is 0.211. The van der Waals surface area contributed by atoms with Crippen molar-refractivity contribution >= 4 is 42.5 Å². The van der Waals surface area contributed by atoms with E-state index in [2.05, 4.69) is 84.9 Å². The van der Waals surface area contributed by atoms with Gasteiger partial charge in [-0.15, -0.1) is 11.3 Å². The summed E-state index contributed by atoms with van der Waals surface area (Å²) in [5.74, 6) is 0.689. The fourth-order valence-electron chi connectivity index (χ4n) is 5.89. The zero-order valence-electron chi connectivity index (χ0n) is 23.7. The molecule has 8 rings (SSSR count). The number of rotatable bonds is 4. The van der Waals surface area contributed by atoms with Crippen molar-refractivity contribution in [2.24, 2.45) is 14.1 Å². The van der Waals surface area contributed by atoms with Crippen LogP contribution in [0.5, 0.6) is 0 Å². The summed E-state index contributed by atoms with van der Waals surface area (Å²) in [5.41, 5.74) is 8.66. The summed E-state index contributed by atoms with van der Waals surface area (Å²) in [6.45, 7) is 0. The fourth-order valence-corrected chi connectivity index (χ4v) is 6.98. The number of thiophene rings is 1. The minimum absolute atomic E-state index is 0.0310. The van der Waals surface area contributed by atoms with E-state index in [1.807, 2.05) is 54.8 Å². The van der Waals surface area contributed by atoms with Crippen molar-refractivity contribution in [1.82, 2.24) is 19.1 Å². The Balaban J connectivity index is 1.29. The molecule has 0 bridgehead atoms. The summed E-state index contributed by atoms with van der Waals surface area (Å²) in [6.07, 6.45) is 0. The molecule has 0 N–H and O–H groups in total. The van der Waals surface area contributed by atoms with Gasteiger partial charge in [-0.05, 0) is 53.6 Å². The molecule has 8 aromatic rings.